The lowest BCUT2D eigenvalue weighted by molar-refractivity contribution is -0.130. The van der Waals surface area contributed by atoms with Crippen molar-refractivity contribution in [1.82, 2.24) is 26.0 Å². The van der Waals surface area contributed by atoms with Gasteiger partial charge in [-0.3, -0.25) is 19.8 Å². The molecule has 0 aliphatic rings. The van der Waals surface area contributed by atoms with Gasteiger partial charge in [0.1, 0.15) is 18.7 Å². The largest absolute Gasteiger partial charge is 0.445 e. The van der Waals surface area contributed by atoms with Crippen molar-refractivity contribution >= 4 is 23.8 Å². The number of nitrogens with one attached hydrogen (secondary N) is 4. The first kappa shape index (κ1) is 23.3. The van der Waals surface area contributed by atoms with Crippen LogP contribution in [0.15, 0.2) is 42.9 Å². The third kappa shape index (κ3) is 8.14. The van der Waals surface area contributed by atoms with E-state index >= 15 is 0 Å². The van der Waals surface area contributed by atoms with Crippen molar-refractivity contribution in [3.8, 4) is 0 Å². The van der Waals surface area contributed by atoms with E-state index in [2.05, 4.69) is 20.6 Å². The Hall–Kier alpha value is -3.93. The van der Waals surface area contributed by atoms with Crippen LogP contribution in [0, 0.1) is 0 Å². The van der Waals surface area contributed by atoms with Crippen LogP contribution in [-0.4, -0.2) is 45.9 Å². The van der Waals surface area contributed by atoms with Crippen LogP contribution in [-0.2, 0) is 32.1 Å². The molecule has 166 valence electrons. The molecule has 31 heavy (non-hydrogen) atoms. The van der Waals surface area contributed by atoms with Crippen LogP contribution >= 0.6 is 0 Å². The first-order valence-corrected chi connectivity index (χ1v) is 9.43. The second-order valence-electron chi connectivity index (χ2n) is 6.60. The molecule has 1 aromatic heterocycles. The van der Waals surface area contributed by atoms with Crippen LogP contribution in [0.3, 0.4) is 0 Å². The number of H-pyrrole nitrogens is 1. The maximum Gasteiger partial charge on any atom is 0.408 e. The van der Waals surface area contributed by atoms with E-state index in [1.807, 2.05) is 11.5 Å². The highest BCUT2D eigenvalue weighted by Crippen LogP contribution is 2.05. The predicted octanol–water partition coefficient (Wildman–Crippen LogP) is -1.01. The average Bonchev–Trinajstić information content (AvgIpc) is 3.27. The fraction of sp³-hybridized carbons (Fsp3) is 0.316. The van der Waals surface area contributed by atoms with Gasteiger partial charge in [0.15, 0.2) is 0 Å². The third-order valence-corrected chi connectivity index (χ3v) is 4.24. The summed E-state index contributed by atoms with van der Waals surface area (Å²) in [5.74, 6) is 3.19. The molecule has 1 heterocycles. The Morgan fingerprint density at radius 1 is 1.06 bits per heavy atom. The molecule has 0 fully saturated rings. The van der Waals surface area contributed by atoms with Crippen molar-refractivity contribution in [3.63, 3.8) is 0 Å². The lowest BCUT2D eigenvalue weighted by Crippen LogP contribution is -2.55. The van der Waals surface area contributed by atoms with Gasteiger partial charge in [-0.15, -0.1) is 0 Å². The maximum atomic E-state index is 12.7. The van der Waals surface area contributed by atoms with E-state index in [1.54, 1.807) is 30.5 Å². The molecule has 2 rings (SSSR count). The lowest BCUT2D eigenvalue weighted by Gasteiger charge is -2.22. The summed E-state index contributed by atoms with van der Waals surface area (Å²) < 4.78 is 5.11. The summed E-state index contributed by atoms with van der Waals surface area (Å²) in [6, 6.07) is 6.74. The van der Waals surface area contributed by atoms with Crippen LogP contribution in [0.2, 0.25) is 0 Å². The molecule has 2 atom stereocenters. The van der Waals surface area contributed by atoms with Crippen molar-refractivity contribution in [1.29, 1.82) is 0 Å². The highest BCUT2D eigenvalue weighted by atomic mass is 16.5. The number of aromatic amines is 1. The van der Waals surface area contributed by atoms with Gasteiger partial charge in [0.05, 0.1) is 12.0 Å². The molecule has 4 amide bonds. The van der Waals surface area contributed by atoms with Gasteiger partial charge in [-0.05, 0) is 12.0 Å². The first-order chi connectivity index (χ1) is 14.9. The number of aromatic nitrogens is 2. The first-order valence-electron chi connectivity index (χ1n) is 9.43. The molecule has 0 spiro atoms. The van der Waals surface area contributed by atoms with E-state index in [1.165, 1.54) is 6.33 Å². The minimum absolute atomic E-state index is 0.00576. The van der Waals surface area contributed by atoms with Gasteiger partial charge in [0.25, 0.3) is 5.91 Å². The number of rotatable bonds is 11. The monoisotopic (exact) mass is 431 g/mol. The van der Waals surface area contributed by atoms with Crippen LogP contribution in [0.5, 0.6) is 0 Å². The molecule has 1 aromatic carbocycles. The molecule has 0 saturated heterocycles. The Labute approximate surface area is 178 Å². The van der Waals surface area contributed by atoms with Crippen LogP contribution in [0.1, 0.15) is 24.1 Å². The summed E-state index contributed by atoms with van der Waals surface area (Å²) in [6.45, 7) is -0.00576. The van der Waals surface area contributed by atoms with Crippen molar-refractivity contribution < 1.29 is 23.9 Å². The number of hydrazine groups is 1. The smallest absolute Gasteiger partial charge is 0.408 e. The molecule has 0 aliphatic heterocycles. The average molecular weight is 431 g/mol. The standard InChI is InChI=1S/C19H25N7O5/c20-16(27)7-6-14(25-19(30)31-10-12-4-2-1-3-5-12)17(28)24-15(18(29)26-21)8-13-9-22-11-23-13/h1-5,9,11,14-15H,6-8,10,21H2,(H2,20,27)(H,22,23)(H,24,28)(H,25,30)(H,26,29)/t14-,15-/m0/s1. The second-order valence-corrected chi connectivity index (χ2v) is 6.60. The fourth-order valence-corrected chi connectivity index (χ4v) is 2.66. The summed E-state index contributed by atoms with van der Waals surface area (Å²) in [5.41, 5.74) is 8.40. The van der Waals surface area contributed by atoms with Crippen molar-refractivity contribution in [3.05, 3.63) is 54.1 Å². The number of alkyl carbamates (subject to hydrolysis) is 1. The minimum Gasteiger partial charge on any atom is -0.445 e. The number of ether oxygens (including phenoxy) is 1. The quantitative estimate of drug-likeness (QED) is 0.149. The van der Waals surface area contributed by atoms with Crippen molar-refractivity contribution in [2.45, 2.75) is 38.0 Å². The SMILES string of the molecule is NNC(=O)[C@H](Cc1c[nH]cn1)NC(=O)[C@H](CCC(N)=O)NC(=O)OCc1ccccc1. The molecule has 12 nitrogen and oxygen atoms in total. The number of benzene rings is 1. The van der Waals surface area contributed by atoms with Gasteiger partial charge in [-0.1, -0.05) is 30.3 Å². The summed E-state index contributed by atoms with van der Waals surface area (Å²) in [6.07, 6.45) is 1.94. The Morgan fingerprint density at radius 2 is 1.81 bits per heavy atom. The number of hydrogen-bond acceptors (Lipinski definition) is 7. The van der Waals surface area contributed by atoms with E-state index in [0.717, 1.165) is 5.56 Å². The Balaban J connectivity index is 2.01. The Bertz CT molecular complexity index is 873. The van der Waals surface area contributed by atoms with Gasteiger partial charge in [0.2, 0.25) is 11.8 Å². The number of nitrogens with zero attached hydrogens (tertiary/aromatic N) is 1. The zero-order valence-electron chi connectivity index (χ0n) is 16.7. The lowest BCUT2D eigenvalue weighted by atomic mass is 10.1. The third-order valence-electron chi connectivity index (χ3n) is 4.24. The summed E-state index contributed by atoms with van der Waals surface area (Å²) >= 11 is 0. The minimum atomic E-state index is -1.16. The van der Waals surface area contributed by atoms with Crippen LogP contribution < -0.4 is 27.6 Å². The van der Waals surface area contributed by atoms with E-state index in [9.17, 15) is 19.2 Å². The molecule has 0 aliphatic carbocycles. The number of carbonyl (C=O) groups is 4. The highest BCUT2D eigenvalue weighted by molar-refractivity contribution is 5.91. The molecule has 0 unspecified atom stereocenters. The normalized spacial score (nSPS) is 12.3. The van der Waals surface area contributed by atoms with Crippen molar-refractivity contribution in [2.75, 3.05) is 0 Å². The number of carbonyl (C=O) groups excluding carboxylic acids is 4. The van der Waals surface area contributed by atoms with Gasteiger partial charge >= 0.3 is 6.09 Å². The molecule has 0 radical (unpaired) electrons. The molecule has 2 aromatic rings. The molecular weight excluding hydrogens is 406 g/mol. The molecular formula is C19H25N7O5. The summed E-state index contributed by atoms with van der Waals surface area (Å²) in [5, 5.41) is 4.90. The predicted molar refractivity (Wildman–Crippen MR) is 109 cm³/mol. The van der Waals surface area contributed by atoms with Crippen LogP contribution in [0.4, 0.5) is 4.79 Å². The van der Waals surface area contributed by atoms with E-state index in [4.69, 9.17) is 16.3 Å². The fourth-order valence-electron chi connectivity index (χ4n) is 2.66. The van der Waals surface area contributed by atoms with Crippen LogP contribution in [0.25, 0.3) is 0 Å². The van der Waals surface area contributed by atoms with E-state index in [0.29, 0.717) is 5.69 Å². The molecule has 0 saturated carbocycles. The number of hydrogen-bond donors (Lipinski definition) is 6. The van der Waals surface area contributed by atoms with Gasteiger partial charge < -0.3 is 26.1 Å². The second kappa shape index (κ2) is 11.9. The van der Waals surface area contributed by atoms with E-state index < -0.39 is 35.9 Å². The molecule has 12 heteroatoms. The Kier molecular flexibility index (Phi) is 8.98. The topological polar surface area (TPSA) is 194 Å². The number of nitrogens with two attached hydrogens (primary N) is 2. The van der Waals surface area contributed by atoms with Gasteiger partial charge in [0, 0.05) is 19.0 Å². The Morgan fingerprint density at radius 3 is 2.42 bits per heavy atom. The number of primary amides is 1. The summed E-state index contributed by atoms with van der Waals surface area (Å²) in [7, 11) is 0. The number of amides is 4. The molecule has 8 N–H and O–H groups in total. The van der Waals surface area contributed by atoms with Gasteiger partial charge in [-0.2, -0.15) is 0 Å². The molecule has 0 bridgehead atoms. The zero-order chi connectivity index (χ0) is 22.6. The number of imidazole rings is 1. The van der Waals surface area contributed by atoms with E-state index in [-0.39, 0.29) is 25.9 Å². The van der Waals surface area contributed by atoms with Crippen molar-refractivity contribution in [2.24, 2.45) is 11.6 Å². The highest BCUT2D eigenvalue weighted by Gasteiger charge is 2.27. The maximum absolute atomic E-state index is 12.7. The zero-order valence-corrected chi connectivity index (χ0v) is 16.7. The summed E-state index contributed by atoms with van der Waals surface area (Å²) in [4.78, 5) is 54.9. The van der Waals surface area contributed by atoms with Gasteiger partial charge in [-0.25, -0.2) is 15.6 Å².